The van der Waals surface area contributed by atoms with Crippen molar-refractivity contribution >= 4 is 5.78 Å². The molecule has 1 aromatic rings. The number of carbonyl (C=O) groups is 1. The molecule has 0 aromatic heterocycles. The summed E-state index contributed by atoms with van der Waals surface area (Å²) in [6.45, 7) is 2.26. The number of alkyl halides is 3. The van der Waals surface area contributed by atoms with Gasteiger partial charge in [-0.2, -0.15) is 13.2 Å². The van der Waals surface area contributed by atoms with E-state index in [9.17, 15) is 18.0 Å². The Labute approximate surface area is 104 Å². The van der Waals surface area contributed by atoms with Crippen LogP contribution in [-0.4, -0.2) is 12.3 Å². The highest BCUT2D eigenvalue weighted by Crippen LogP contribution is 2.29. The highest BCUT2D eigenvalue weighted by molar-refractivity contribution is 5.97. The number of hydrogen-bond donors (Lipinski definition) is 1. The Balaban J connectivity index is 2.76. The second kappa shape index (κ2) is 6.00. The van der Waals surface area contributed by atoms with E-state index < -0.39 is 11.7 Å². The minimum Gasteiger partial charge on any atom is -0.330 e. The number of rotatable bonds is 5. The number of halogens is 3. The topological polar surface area (TPSA) is 43.1 Å². The molecule has 1 atom stereocenters. The van der Waals surface area contributed by atoms with E-state index in [2.05, 4.69) is 0 Å². The third kappa shape index (κ3) is 3.84. The summed E-state index contributed by atoms with van der Waals surface area (Å²) in [5, 5.41) is 0. The lowest BCUT2D eigenvalue weighted by Crippen LogP contribution is -2.14. The number of Topliss-reactive ketones (excluding diaryl/α,β-unsaturated/α-hetero) is 1. The van der Waals surface area contributed by atoms with Crippen LogP contribution in [-0.2, 0) is 6.18 Å². The summed E-state index contributed by atoms with van der Waals surface area (Å²) < 4.78 is 37.0. The fourth-order valence-electron chi connectivity index (χ4n) is 1.66. The van der Waals surface area contributed by atoms with E-state index in [4.69, 9.17) is 5.73 Å². The minimum atomic E-state index is -4.37. The van der Waals surface area contributed by atoms with Gasteiger partial charge in [0.05, 0.1) is 5.56 Å². The van der Waals surface area contributed by atoms with Crippen LogP contribution in [0, 0.1) is 5.92 Å². The van der Waals surface area contributed by atoms with Gasteiger partial charge in [0, 0.05) is 11.5 Å². The van der Waals surface area contributed by atoms with Crippen LogP contribution in [0.2, 0.25) is 0 Å². The number of ketones is 1. The van der Waals surface area contributed by atoms with Gasteiger partial charge < -0.3 is 5.73 Å². The van der Waals surface area contributed by atoms with Gasteiger partial charge in [-0.3, -0.25) is 4.79 Å². The SMILES string of the molecule is CC(CCCN)C(=O)c1ccc(C(F)(F)F)cc1. The molecule has 0 saturated heterocycles. The van der Waals surface area contributed by atoms with Gasteiger partial charge in [-0.05, 0) is 31.5 Å². The predicted molar refractivity (Wildman–Crippen MR) is 63.2 cm³/mol. The van der Waals surface area contributed by atoms with Crippen LogP contribution in [0.5, 0.6) is 0 Å². The monoisotopic (exact) mass is 259 g/mol. The van der Waals surface area contributed by atoms with E-state index in [0.717, 1.165) is 18.6 Å². The summed E-state index contributed by atoms with van der Waals surface area (Å²) in [6, 6.07) is 4.32. The highest BCUT2D eigenvalue weighted by Gasteiger charge is 2.30. The van der Waals surface area contributed by atoms with E-state index >= 15 is 0 Å². The van der Waals surface area contributed by atoms with Crippen molar-refractivity contribution in [3.05, 3.63) is 35.4 Å². The molecule has 0 aliphatic rings. The maximum atomic E-state index is 12.3. The van der Waals surface area contributed by atoms with Gasteiger partial charge in [0.25, 0.3) is 0 Å². The van der Waals surface area contributed by atoms with Gasteiger partial charge in [-0.25, -0.2) is 0 Å². The highest BCUT2D eigenvalue weighted by atomic mass is 19.4. The fourth-order valence-corrected chi connectivity index (χ4v) is 1.66. The Kier molecular flexibility index (Phi) is 4.90. The van der Waals surface area contributed by atoms with E-state index in [1.54, 1.807) is 6.92 Å². The molecule has 2 N–H and O–H groups in total. The summed E-state index contributed by atoms with van der Waals surface area (Å²) in [5.41, 5.74) is 4.92. The van der Waals surface area contributed by atoms with Crippen molar-refractivity contribution in [3.8, 4) is 0 Å². The van der Waals surface area contributed by atoms with Gasteiger partial charge in [0.1, 0.15) is 0 Å². The van der Waals surface area contributed by atoms with Crippen LogP contribution >= 0.6 is 0 Å². The molecule has 1 unspecified atom stereocenters. The lowest BCUT2D eigenvalue weighted by Gasteiger charge is -2.11. The summed E-state index contributed by atoms with van der Waals surface area (Å²) >= 11 is 0. The second-order valence-corrected chi connectivity index (χ2v) is 4.27. The number of nitrogens with two attached hydrogens (primary N) is 1. The summed E-state index contributed by atoms with van der Waals surface area (Å²) in [5.74, 6) is -0.359. The maximum absolute atomic E-state index is 12.3. The van der Waals surface area contributed by atoms with Crippen molar-refractivity contribution in [2.24, 2.45) is 11.7 Å². The van der Waals surface area contributed by atoms with Crippen molar-refractivity contribution in [1.29, 1.82) is 0 Å². The third-order valence-corrected chi connectivity index (χ3v) is 2.79. The van der Waals surface area contributed by atoms with E-state index in [0.29, 0.717) is 18.5 Å². The molecule has 0 aliphatic heterocycles. The lowest BCUT2D eigenvalue weighted by molar-refractivity contribution is -0.137. The van der Waals surface area contributed by atoms with Crippen molar-refractivity contribution in [1.82, 2.24) is 0 Å². The quantitative estimate of drug-likeness (QED) is 0.825. The Bertz CT molecular complexity index is 398. The Morgan fingerprint density at radius 3 is 2.28 bits per heavy atom. The molecule has 18 heavy (non-hydrogen) atoms. The molecular formula is C13H16F3NO. The molecule has 0 saturated carbocycles. The average Bonchev–Trinajstić information content (AvgIpc) is 2.34. The molecule has 0 radical (unpaired) electrons. The van der Waals surface area contributed by atoms with Crippen molar-refractivity contribution in [3.63, 3.8) is 0 Å². The molecule has 0 aliphatic carbocycles. The first-order valence-corrected chi connectivity index (χ1v) is 5.77. The molecule has 100 valence electrons. The van der Waals surface area contributed by atoms with Crippen LogP contribution in [0.25, 0.3) is 0 Å². The largest absolute Gasteiger partial charge is 0.416 e. The molecule has 0 spiro atoms. The first-order chi connectivity index (χ1) is 8.36. The Hall–Kier alpha value is -1.36. The molecular weight excluding hydrogens is 243 g/mol. The molecule has 2 nitrogen and oxygen atoms in total. The van der Waals surface area contributed by atoms with E-state index in [1.807, 2.05) is 0 Å². The standard InChI is InChI=1S/C13H16F3NO/c1-9(3-2-8-17)12(18)10-4-6-11(7-5-10)13(14,15)16/h4-7,9H,2-3,8,17H2,1H3. The molecule has 0 fully saturated rings. The van der Waals surface area contributed by atoms with Crippen LogP contribution in [0.4, 0.5) is 13.2 Å². The molecule has 0 heterocycles. The smallest absolute Gasteiger partial charge is 0.330 e. The minimum absolute atomic E-state index is 0.142. The number of carbonyl (C=O) groups excluding carboxylic acids is 1. The first kappa shape index (κ1) is 14.7. The third-order valence-electron chi connectivity index (χ3n) is 2.79. The summed E-state index contributed by atoms with van der Waals surface area (Å²) in [6.07, 6.45) is -2.99. The van der Waals surface area contributed by atoms with Gasteiger partial charge in [0.2, 0.25) is 0 Å². The molecule has 1 rings (SSSR count). The summed E-state index contributed by atoms with van der Waals surface area (Å²) in [4.78, 5) is 11.9. The van der Waals surface area contributed by atoms with Gasteiger partial charge in [0.15, 0.2) is 5.78 Å². The van der Waals surface area contributed by atoms with Crippen molar-refractivity contribution in [2.75, 3.05) is 6.54 Å². The van der Waals surface area contributed by atoms with Gasteiger partial charge in [-0.15, -0.1) is 0 Å². The fraction of sp³-hybridized carbons (Fsp3) is 0.462. The van der Waals surface area contributed by atoms with Crippen LogP contribution in [0.15, 0.2) is 24.3 Å². The van der Waals surface area contributed by atoms with Crippen molar-refractivity contribution in [2.45, 2.75) is 25.9 Å². The van der Waals surface area contributed by atoms with Gasteiger partial charge in [-0.1, -0.05) is 19.1 Å². The van der Waals surface area contributed by atoms with Gasteiger partial charge >= 0.3 is 6.18 Å². The molecule has 0 amide bonds. The predicted octanol–water partition coefficient (Wildman–Crippen LogP) is 3.26. The van der Waals surface area contributed by atoms with Crippen molar-refractivity contribution < 1.29 is 18.0 Å². The number of hydrogen-bond acceptors (Lipinski definition) is 2. The maximum Gasteiger partial charge on any atom is 0.416 e. The van der Waals surface area contributed by atoms with E-state index in [1.165, 1.54) is 12.1 Å². The zero-order valence-corrected chi connectivity index (χ0v) is 10.1. The Morgan fingerprint density at radius 2 is 1.83 bits per heavy atom. The number of benzene rings is 1. The lowest BCUT2D eigenvalue weighted by atomic mass is 9.94. The average molecular weight is 259 g/mol. The molecule has 0 bridgehead atoms. The second-order valence-electron chi connectivity index (χ2n) is 4.27. The Morgan fingerprint density at radius 1 is 1.28 bits per heavy atom. The van der Waals surface area contributed by atoms with Crippen LogP contribution in [0.1, 0.15) is 35.7 Å². The van der Waals surface area contributed by atoms with E-state index in [-0.39, 0.29) is 11.7 Å². The first-order valence-electron chi connectivity index (χ1n) is 5.77. The zero-order chi connectivity index (χ0) is 13.8. The zero-order valence-electron chi connectivity index (χ0n) is 10.1. The van der Waals surface area contributed by atoms with Crippen LogP contribution in [0.3, 0.4) is 0 Å². The van der Waals surface area contributed by atoms with Crippen LogP contribution < -0.4 is 5.73 Å². The summed E-state index contributed by atoms with van der Waals surface area (Å²) in [7, 11) is 0. The molecule has 1 aromatic carbocycles. The normalized spacial score (nSPS) is 13.4. The molecule has 5 heteroatoms.